The molecule has 0 saturated heterocycles. The van der Waals surface area contributed by atoms with E-state index in [1.165, 1.54) is 14.2 Å². The number of fused-ring (bicyclic) bond motifs is 1. The van der Waals surface area contributed by atoms with Gasteiger partial charge in [0.25, 0.3) is 11.7 Å². The van der Waals surface area contributed by atoms with Crippen LogP contribution in [0.5, 0.6) is 23.0 Å². The highest BCUT2D eigenvalue weighted by Crippen LogP contribution is 2.47. The number of benzene rings is 2. The van der Waals surface area contributed by atoms with Crippen LogP contribution in [-0.4, -0.2) is 38.5 Å². The summed E-state index contributed by atoms with van der Waals surface area (Å²) in [7, 11) is 3.01. The SMILES string of the molecule is COc1cc(C(=O)OCC(=O)Nc2ccc3c(c2)OC2(CCCC2)O3)cc(OC)c1C. The molecule has 2 aromatic carbocycles. The lowest BCUT2D eigenvalue weighted by molar-refractivity contribution is -0.119. The summed E-state index contributed by atoms with van der Waals surface area (Å²) < 4.78 is 27.7. The van der Waals surface area contributed by atoms with Crippen molar-refractivity contribution in [2.24, 2.45) is 0 Å². The smallest absolute Gasteiger partial charge is 0.338 e. The van der Waals surface area contributed by atoms with E-state index in [4.69, 9.17) is 23.7 Å². The van der Waals surface area contributed by atoms with E-state index in [0.717, 1.165) is 31.2 Å². The molecule has 1 amide bonds. The Morgan fingerprint density at radius 1 is 1.00 bits per heavy atom. The van der Waals surface area contributed by atoms with Gasteiger partial charge in [0, 0.05) is 30.2 Å². The maximum absolute atomic E-state index is 12.4. The summed E-state index contributed by atoms with van der Waals surface area (Å²) in [4.78, 5) is 24.7. The second-order valence-electron chi connectivity index (χ2n) is 7.61. The summed E-state index contributed by atoms with van der Waals surface area (Å²) in [5.41, 5.74) is 1.54. The van der Waals surface area contributed by atoms with Crippen LogP contribution >= 0.6 is 0 Å². The molecule has 0 unspecified atom stereocenters. The topological polar surface area (TPSA) is 92.3 Å². The number of carbonyl (C=O) groups excluding carboxylic acids is 2. The molecule has 1 aliphatic carbocycles. The first-order chi connectivity index (χ1) is 14.9. The van der Waals surface area contributed by atoms with E-state index in [-0.39, 0.29) is 5.56 Å². The van der Waals surface area contributed by atoms with Crippen LogP contribution in [0.15, 0.2) is 30.3 Å². The normalized spacial score (nSPS) is 15.6. The fraction of sp³-hybridized carbons (Fsp3) is 0.391. The average Bonchev–Trinajstić information content (AvgIpc) is 3.37. The lowest BCUT2D eigenvalue weighted by Crippen LogP contribution is -2.34. The van der Waals surface area contributed by atoms with Crippen LogP contribution in [0.25, 0.3) is 0 Å². The molecule has 1 fully saturated rings. The van der Waals surface area contributed by atoms with Crippen LogP contribution < -0.4 is 24.3 Å². The van der Waals surface area contributed by atoms with Crippen LogP contribution in [0.3, 0.4) is 0 Å². The Labute approximate surface area is 180 Å². The highest BCUT2D eigenvalue weighted by molar-refractivity contribution is 5.96. The van der Waals surface area contributed by atoms with Crippen LogP contribution in [0.4, 0.5) is 5.69 Å². The van der Waals surface area contributed by atoms with E-state index in [1.807, 2.05) is 6.92 Å². The minimum atomic E-state index is -0.652. The Bertz CT molecular complexity index is 986. The number of hydrogen-bond donors (Lipinski definition) is 1. The summed E-state index contributed by atoms with van der Waals surface area (Å²) in [6, 6.07) is 8.32. The highest BCUT2D eigenvalue weighted by atomic mass is 16.7. The quantitative estimate of drug-likeness (QED) is 0.700. The van der Waals surface area contributed by atoms with Crippen molar-refractivity contribution in [3.63, 3.8) is 0 Å². The number of amides is 1. The number of carbonyl (C=O) groups is 2. The van der Waals surface area contributed by atoms with Gasteiger partial charge in [0.2, 0.25) is 0 Å². The van der Waals surface area contributed by atoms with Crippen LogP contribution in [-0.2, 0) is 9.53 Å². The molecule has 0 atom stereocenters. The molecule has 164 valence electrons. The third kappa shape index (κ3) is 4.23. The highest BCUT2D eigenvalue weighted by Gasteiger charge is 2.44. The van der Waals surface area contributed by atoms with Crippen molar-refractivity contribution < 1.29 is 33.3 Å². The molecular formula is C23H25NO7. The molecular weight excluding hydrogens is 402 g/mol. The van der Waals surface area contributed by atoms with Gasteiger partial charge in [0.05, 0.1) is 19.8 Å². The molecule has 4 rings (SSSR count). The second kappa shape index (κ2) is 8.37. The maximum Gasteiger partial charge on any atom is 0.338 e. The van der Waals surface area contributed by atoms with Crippen molar-refractivity contribution in [3.05, 3.63) is 41.5 Å². The largest absolute Gasteiger partial charge is 0.496 e. The minimum Gasteiger partial charge on any atom is -0.496 e. The molecule has 1 heterocycles. The van der Waals surface area contributed by atoms with Gasteiger partial charge in [-0.2, -0.15) is 0 Å². The van der Waals surface area contributed by atoms with Crippen molar-refractivity contribution in [2.75, 3.05) is 26.1 Å². The number of anilines is 1. The van der Waals surface area contributed by atoms with Gasteiger partial charge in [-0.25, -0.2) is 4.79 Å². The molecule has 8 nitrogen and oxygen atoms in total. The van der Waals surface area contributed by atoms with Gasteiger partial charge < -0.3 is 29.0 Å². The van der Waals surface area contributed by atoms with Crippen molar-refractivity contribution in [3.8, 4) is 23.0 Å². The molecule has 1 aliphatic heterocycles. The predicted octanol–water partition coefficient (Wildman–Crippen LogP) is 3.85. The molecule has 2 aliphatic rings. The van der Waals surface area contributed by atoms with E-state index in [1.54, 1.807) is 30.3 Å². The predicted molar refractivity (Wildman–Crippen MR) is 112 cm³/mol. The van der Waals surface area contributed by atoms with Crippen molar-refractivity contribution in [1.82, 2.24) is 0 Å². The maximum atomic E-state index is 12.4. The van der Waals surface area contributed by atoms with Crippen molar-refractivity contribution in [2.45, 2.75) is 38.4 Å². The summed E-state index contributed by atoms with van der Waals surface area (Å²) in [5.74, 6) is 0.599. The van der Waals surface area contributed by atoms with Crippen LogP contribution in [0.1, 0.15) is 41.6 Å². The molecule has 31 heavy (non-hydrogen) atoms. The molecule has 0 bridgehead atoms. The van der Waals surface area contributed by atoms with Gasteiger partial charge >= 0.3 is 5.97 Å². The van der Waals surface area contributed by atoms with Crippen molar-refractivity contribution >= 4 is 17.6 Å². The molecule has 8 heteroatoms. The lowest BCUT2D eigenvalue weighted by atomic mass is 10.1. The molecule has 1 spiro atoms. The van der Waals surface area contributed by atoms with Crippen LogP contribution in [0, 0.1) is 6.92 Å². The first kappa shape index (κ1) is 20.8. The zero-order valence-corrected chi connectivity index (χ0v) is 17.8. The standard InChI is InChI=1S/C23H25NO7/c1-14-18(27-2)10-15(11-19(14)28-3)22(26)29-13-21(25)24-16-6-7-17-20(12-16)31-23(30-17)8-4-5-9-23/h6-7,10-12H,4-5,8-9,13H2,1-3H3,(H,24,25). The number of ether oxygens (including phenoxy) is 5. The Morgan fingerprint density at radius 3 is 2.29 bits per heavy atom. The molecule has 0 aromatic heterocycles. The van der Waals surface area contributed by atoms with E-state index in [2.05, 4.69) is 5.32 Å². The third-order valence-electron chi connectivity index (χ3n) is 5.51. The summed E-state index contributed by atoms with van der Waals surface area (Å²) in [6.07, 6.45) is 3.85. The minimum absolute atomic E-state index is 0.233. The number of esters is 1. The lowest BCUT2D eigenvalue weighted by Gasteiger charge is -2.21. The summed E-state index contributed by atoms with van der Waals surface area (Å²) >= 11 is 0. The Kier molecular flexibility index (Phi) is 5.63. The number of methoxy groups -OCH3 is 2. The zero-order chi connectivity index (χ0) is 22.0. The van der Waals surface area contributed by atoms with E-state index in [0.29, 0.717) is 28.7 Å². The van der Waals surface area contributed by atoms with E-state index in [9.17, 15) is 9.59 Å². The Balaban J connectivity index is 1.36. The molecule has 1 saturated carbocycles. The Morgan fingerprint density at radius 2 is 1.65 bits per heavy atom. The van der Waals surface area contributed by atoms with Crippen molar-refractivity contribution in [1.29, 1.82) is 0 Å². The fourth-order valence-corrected chi connectivity index (χ4v) is 3.90. The first-order valence-corrected chi connectivity index (χ1v) is 10.1. The zero-order valence-electron chi connectivity index (χ0n) is 17.8. The number of nitrogens with one attached hydrogen (secondary N) is 1. The number of hydrogen-bond acceptors (Lipinski definition) is 7. The van der Waals surface area contributed by atoms with Gasteiger partial charge in [0.15, 0.2) is 18.1 Å². The fourth-order valence-electron chi connectivity index (χ4n) is 3.90. The second-order valence-corrected chi connectivity index (χ2v) is 7.61. The van der Waals surface area contributed by atoms with Gasteiger partial charge in [-0.05, 0) is 44.0 Å². The summed E-state index contributed by atoms with van der Waals surface area (Å²) in [6.45, 7) is 1.38. The number of rotatable bonds is 6. The van der Waals surface area contributed by atoms with E-state index < -0.39 is 24.3 Å². The van der Waals surface area contributed by atoms with Crippen LogP contribution in [0.2, 0.25) is 0 Å². The monoisotopic (exact) mass is 427 g/mol. The van der Waals surface area contributed by atoms with Gasteiger partial charge in [-0.3, -0.25) is 4.79 Å². The molecule has 1 N–H and O–H groups in total. The third-order valence-corrected chi connectivity index (χ3v) is 5.51. The Hall–Kier alpha value is -3.42. The van der Waals surface area contributed by atoms with Gasteiger partial charge in [-0.15, -0.1) is 0 Å². The summed E-state index contributed by atoms with van der Waals surface area (Å²) in [5, 5.41) is 2.71. The van der Waals surface area contributed by atoms with Gasteiger partial charge in [-0.1, -0.05) is 0 Å². The van der Waals surface area contributed by atoms with E-state index >= 15 is 0 Å². The molecule has 0 radical (unpaired) electrons. The average molecular weight is 427 g/mol. The van der Waals surface area contributed by atoms with Gasteiger partial charge in [0.1, 0.15) is 11.5 Å². The first-order valence-electron chi connectivity index (χ1n) is 10.1. The molecule has 2 aromatic rings.